The average Bonchev–Trinajstić information content (AvgIpc) is 2.79. The quantitative estimate of drug-likeness (QED) is 0.716. The molecule has 2 aromatic rings. The van der Waals surface area contributed by atoms with Crippen molar-refractivity contribution < 1.29 is 13.9 Å². The van der Waals surface area contributed by atoms with Crippen LogP contribution in [-0.2, 0) is 16.7 Å². The van der Waals surface area contributed by atoms with Gasteiger partial charge in [0.05, 0.1) is 17.2 Å². The number of nitrogens with two attached hydrogens (primary N) is 1. The van der Waals surface area contributed by atoms with E-state index in [1.54, 1.807) is 25.3 Å². The molecule has 0 saturated heterocycles. The molecule has 1 saturated carbocycles. The number of benzene rings is 1. The lowest BCUT2D eigenvalue weighted by molar-refractivity contribution is 0.0229. The van der Waals surface area contributed by atoms with E-state index in [0.29, 0.717) is 28.3 Å². The Morgan fingerprint density at radius 2 is 2.26 bits per heavy atom. The van der Waals surface area contributed by atoms with Gasteiger partial charge in [-0.1, -0.05) is 17.8 Å². The predicted molar refractivity (Wildman–Crippen MR) is 117 cm³/mol. The number of methoxy groups -OCH3 is 1. The standard InChI is InChI=1S/C23H23FN4O2S/c1-30-17-6-7-23(16(10-17)13-31-22(26)28-23)18-8-14(2-4-19(18)24)9-21(29)20-5-3-15(11-25)12-27-20/h2-5,8,12,16-17H,6-7,9-10,13H2,1H3,(H2,26,28)/t16-,17-,23-/m0/s1. The fraction of sp³-hybridized carbons (Fsp3) is 0.391. The smallest absolute Gasteiger partial charge is 0.185 e. The molecular weight excluding hydrogens is 415 g/mol. The molecule has 0 spiro atoms. The maximum Gasteiger partial charge on any atom is 0.185 e. The first-order valence-electron chi connectivity index (χ1n) is 10.1. The van der Waals surface area contributed by atoms with Crippen molar-refractivity contribution in [1.82, 2.24) is 4.98 Å². The Balaban J connectivity index is 1.66. The molecule has 1 aliphatic heterocycles. The molecule has 0 radical (unpaired) electrons. The molecule has 0 unspecified atom stereocenters. The second-order valence-corrected chi connectivity index (χ2v) is 9.01. The predicted octanol–water partition coefficient (Wildman–Crippen LogP) is 3.59. The lowest BCUT2D eigenvalue weighted by atomic mass is 9.68. The number of ketones is 1. The van der Waals surface area contributed by atoms with E-state index in [1.165, 1.54) is 30.1 Å². The summed E-state index contributed by atoms with van der Waals surface area (Å²) in [5, 5.41) is 9.36. The number of hydrogen-bond donors (Lipinski definition) is 1. The number of hydrogen-bond acceptors (Lipinski definition) is 7. The molecule has 3 atom stereocenters. The van der Waals surface area contributed by atoms with Crippen molar-refractivity contribution in [1.29, 1.82) is 5.26 Å². The second kappa shape index (κ2) is 8.77. The van der Waals surface area contributed by atoms with Gasteiger partial charge in [-0.2, -0.15) is 5.26 Å². The zero-order chi connectivity index (χ0) is 22.0. The minimum Gasteiger partial charge on any atom is -0.381 e. The van der Waals surface area contributed by atoms with E-state index in [4.69, 9.17) is 20.7 Å². The maximum absolute atomic E-state index is 15.1. The summed E-state index contributed by atoms with van der Waals surface area (Å²) < 4.78 is 20.7. The Hall–Kier alpha value is -2.76. The maximum atomic E-state index is 15.1. The summed E-state index contributed by atoms with van der Waals surface area (Å²) in [4.78, 5) is 21.5. The van der Waals surface area contributed by atoms with E-state index in [0.717, 1.165) is 18.6 Å². The van der Waals surface area contributed by atoms with E-state index in [1.807, 2.05) is 6.07 Å². The van der Waals surface area contributed by atoms with Gasteiger partial charge in [0, 0.05) is 37.0 Å². The number of fused-ring (bicyclic) bond motifs is 1. The Kier molecular flexibility index (Phi) is 6.08. The van der Waals surface area contributed by atoms with Crippen molar-refractivity contribution in [2.45, 2.75) is 37.3 Å². The molecule has 31 heavy (non-hydrogen) atoms. The van der Waals surface area contributed by atoms with Gasteiger partial charge in [-0.25, -0.2) is 4.39 Å². The highest BCUT2D eigenvalue weighted by Crippen LogP contribution is 2.50. The number of aromatic nitrogens is 1. The molecule has 4 rings (SSSR count). The molecule has 1 fully saturated rings. The average molecular weight is 439 g/mol. The molecule has 6 nitrogen and oxygen atoms in total. The van der Waals surface area contributed by atoms with Crippen LogP contribution in [0.4, 0.5) is 4.39 Å². The first-order valence-corrected chi connectivity index (χ1v) is 11.1. The first kappa shape index (κ1) is 21.5. The highest BCUT2D eigenvalue weighted by molar-refractivity contribution is 8.13. The van der Waals surface area contributed by atoms with Crippen molar-refractivity contribution in [2.75, 3.05) is 12.9 Å². The number of amidine groups is 1. The number of nitrogens with zero attached hydrogens (tertiary/aromatic N) is 3. The molecule has 0 bridgehead atoms. The van der Waals surface area contributed by atoms with Gasteiger partial charge in [0.1, 0.15) is 17.6 Å². The third-order valence-corrected chi connectivity index (χ3v) is 7.14. The molecule has 160 valence electrons. The van der Waals surface area contributed by atoms with Crippen LogP contribution in [0.2, 0.25) is 0 Å². The van der Waals surface area contributed by atoms with Crippen molar-refractivity contribution in [3.8, 4) is 6.07 Å². The van der Waals surface area contributed by atoms with Crippen LogP contribution in [-0.4, -0.2) is 34.9 Å². The number of thioether (sulfide) groups is 1. The highest BCUT2D eigenvalue weighted by atomic mass is 32.2. The van der Waals surface area contributed by atoms with Crippen LogP contribution in [0.5, 0.6) is 0 Å². The van der Waals surface area contributed by atoms with E-state index < -0.39 is 5.54 Å². The number of nitriles is 1. The zero-order valence-electron chi connectivity index (χ0n) is 17.2. The number of pyridine rings is 1. The first-order chi connectivity index (χ1) is 14.9. The molecular formula is C23H23FN4O2S. The van der Waals surface area contributed by atoms with E-state index in [2.05, 4.69) is 4.98 Å². The Morgan fingerprint density at radius 1 is 1.42 bits per heavy atom. The number of rotatable bonds is 5. The van der Waals surface area contributed by atoms with Gasteiger partial charge in [0.25, 0.3) is 0 Å². The molecule has 1 aromatic heterocycles. The van der Waals surface area contributed by atoms with E-state index in [-0.39, 0.29) is 35.7 Å². The third kappa shape index (κ3) is 4.21. The van der Waals surface area contributed by atoms with Gasteiger partial charge >= 0.3 is 0 Å². The van der Waals surface area contributed by atoms with Crippen LogP contribution in [0.25, 0.3) is 0 Å². The zero-order valence-corrected chi connectivity index (χ0v) is 18.0. The fourth-order valence-electron chi connectivity index (χ4n) is 4.53. The minimum absolute atomic E-state index is 0.0849. The number of carbonyl (C=O) groups excluding carboxylic acids is 1. The number of ether oxygens (including phenoxy) is 1. The van der Waals surface area contributed by atoms with Crippen LogP contribution < -0.4 is 5.73 Å². The summed E-state index contributed by atoms with van der Waals surface area (Å²) in [6.07, 6.45) is 3.79. The Bertz CT molecular complexity index is 1070. The molecule has 8 heteroatoms. The van der Waals surface area contributed by atoms with E-state index >= 15 is 4.39 Å². The second-order valence-electron chi connectivity index (χ2n) is 7.97. The Labute approximate surface area is 184 Å². The summed E-state index contributed by atoms with van der Waals surface area (Å²) in [5.41, 5.74) is 7.20. The SMILES string of the molecule is CO[C@H]1CC[C@]2(c3cc(CC(=O)c4ccc(C#N)cn4)ccc3F)N=C(N)SC[C@@H]2C1. The van der Waals surface area contributed by atoms with Crippen molar-refractivity contribution in [2.24, 2.45) is 16.6 Å². The third-order valence-electron chi connectivity index (χ3n) is 6.19. The summed E-state index contributed by atoms with van der Waals surface area (Å²) in [6.45, 7) is 0. The molecule has 0 amide bonds. The summed E-state index contributed by atoms with van der Waals surface area (Å²) in [6, 6.07) is 9.86. The summed E-state index contributed by atoms with van der Waals surface area (Å²) in [7, 11) is 1.70. The van der Waals surface area contributed by atoms with Crippen molar-refractivity contribution >= 4 is 22.7 Å². The topological polar surface area (TPSA) is 101 Å². The van der Waals surface area contributed by atoms with Crippen LogP contribution in [0, 0.1) is 23.1 Å². The van der Waals surface area contributed by atoms with Gasteiger partial charge in [0.15, 0.2) is 11.0 Å². The Morgan fingerprint density at radius 3 is 2.97 bits per heavy atom. The van der Waals surface area contributed by atoms with Crippen LogP contribution in [0.15, 0.2) is 41.5 Å². The summed E-state index contributed by atoms with van der Waals surface area (Å²) in [5.74, 6) is 0.329. The number of halogens is 1. The molecule has 2 heterocycles. The highest BCUT2D eigenvalue weighted by Gasteiger charge is 2.48. The minimum atomic E-state index is -0.736. The largest absolute Gasteiger partial charge is 0.381 e. The fourth-order valence-corrected chi connectivity index (χ4v) is 5.54. The van der Waals surface area contributed by atoms with Crippen LogP contribution in [0.3, 0.4) is 0 Å². The van der Waals surface area contributed by atoms with Crippen molar-refractivity contribution in [3.63, 3.8) is 0 Å². The van der Waals surface area contributed by atoms with Crippen molar-refractivity contribution in [3.05, 3.63) is 64.7 Å². The lowest BCUT2D eigenvalue weighted by Gasteiger charge is -2.46. The molecule has 1 aliphatic carbocycles. The van der Waals surface area contributed by atoms with Gasteiger partial charge in [-0.3, -0.25) is 14.8 Å². The van der Waals surface area contributed by atoms with Gasteiger partial charge in [0.2, 0.25) is 0 Å². The molecule has 1 aromatic carbocycles. The van der Waals surface area contributed by atoms with E-state index in [9.17, 15) is 4.79 Å². The van der Waals surface area contributed by atoms with Gasteiger partial charge in [-0.15, -0.1) is 0 Å². The monoisotopic (exact) mass is 438 g/mol. The number of carbonyl (C=O) groups is 1. The van der Waals surface area contributed by atoms with Crippen LogP contribution >= 0.6 is 11.8 Å². The van der Waals surface area contributed by atoms with Gasteiger partial charge in [-0.05, 0) is 49.1 Å². The molecule has 2 N–H and O–H groups in total. The number of aliphatic imine (C=N–C) groups is 1. The molecule has 2 aliphatic rings. The van der Waals surface area contributed by atoms with Gasteiger partial charge < -0.3 is 10.5 Å². The van der Waals surface area contributed by atoms with Crippen LogP contribution in [0.1, 0.15) is 46.4 Å². The summed E-state index contributed by atoms with van der Waals surface area (Å²) >= 11 is 1.49. The number of Topliss-reactive ketones (excluding diaryl/α,β-unsaturated/α-hetero) is 1. The lowest BCUT2D eigenvalue weighted by Crippen LogP contribution is -2.46. The normalized spacial score (nSPS) is 25.3.